The highest BCUT2D eigenvalue weighted by atomic mass is 16.5. The van der Waals surface area contributed by atoms with E-state index in [9.17, 15) is 4.79 Å². The molecule has 1 aromatic rings. The summed E-state index contributed by atoms with van der Waals surface area (Å²) in [6, 6.07) is 0.257. The average molecular weight is 210 g/mol. The van der Waals surface area contributed by atoms with Crippen molar-refractivity contribution in [3.8, 4) is 0 Å². The molecule has 0 radical (unpaired) electrons. The number of carbonyl (C=O) groups is 1. The SMILES string of the molecule is O=C(NCCc1ncno1)NC1CCC1. The molecule has 1 aromatic heterocycles. The first-order chi connectivity index (χ1) is 7.34. The molecule has 0 saturated heterocycles. The van der Waals surface area contributed by atoms with Crippen LogP contribution in [0.3, 0.4) is 0 Å². The van der Waals surface area contributed by atoms with Gasteiger partial charge in [-0.25, -0.2) is 4.79 Å². The quantitative estimate of drug-likeness (QED) is 0.756. The van der Waals surface area contributed by atoms with Gasteiger partial charge < -0.3 is 15.2 Å². The summed E-state index contributed by atoms with van der Waals surface area (Å²) in [4.78, 5) is 15.1. The van der Waals surface area contributed by atoms with Crippen LogP contribution in [0.2, 0.25) is 0 Å². The zero-order valence-corrected chi connectivity index (χ0v) is 8.40. The fourth-order valence-electron chi connectivity index (χ4n) is 1.38. The number of aromatic nitrogens is 2. The monoisotopic (exact) mass is 210 g/mol. The Morgan fingerprint density at radius 1 is 1.60 bits per heavy atom. The highest BCUT2D eigenvalue weighted by Gasteiger charge is 2.18. The maximum Gasteiger partial charge on any atom is 0.315 e. The Labute approximate surface area is 87.4 Å². The second-order valence-electron chi connectivity index (χ2n) is 3.61. The molecular weight excluding hydrogens is 196 g/mol. The predicted octanol–water partition coefficient (Wildman–Crippen LogP) is 0.464. The van der Waals surface area contributed by atoms with E-state index in [0.717, 1.165) is 12.8 Å². The van der Waals surface area contributed by atoms with Crippen molar-refractivity contribution in [2.24, 2.45) is 0 Å². The number of hydrogen-bond donors (Lipinski definition) is 2. The number of carbonyl (C=O) groups excluding carboxylic acids is 1. The normalized spacial score (nSPS) is 15.7. The van der Waals surface area contributed by atoms with Crippen LogP contribution in [-0.2, 0) is 6.42 Å². The summed E-state index contributed by atoms with van der Waals surface area (Å²) in [6.45, 7) is 0.515. The summed E-state index contributed by atoms with van der Waals surface area (Å²) < 4.78 is 4.80. The van der Waals surface area contributed by atoms with Gasteiger partial charge >= 0.3 is 6.03 Å². The van der Waals surface area contributed by atoms with E-state index >= 15 is 0 Å². The molecule has 15 heavy (non-hydrogen) atoms. The lowest BCUT2D eigenvalue weighted by molar-refractivity contribution is 0.228. The van der Waals surface area contributed by atoms with Gasteiger partial charge in [0.2, 0.25) is 5.89 Å². The molecule has 2 N–H and O–H groups in total. The van der Waals surface area contributed by atoms with Crippen molar-refractivity contribution in [2.45, 2.75) is 31.7 Å². The third-order valence-electron chi connectivity index (χ3n) is 2.47. The van der Waals surface area contributed by atoms with Gasteiger partial charge in [0.05, 0.1) is 0 Å². The third kappa shape index (κ3) is 2.93. The minimum absolute atomic E-state index is 0.112. The summed E-state index contributed by atoms with van der Waals surface area (Å²) in [5.41, 5.74) is 0. The van der Waals surface area contributed by atoms with Gasteiger partial charge in [-0.05, 0) is 19.3 Å². The van der Waals surface area contributed by atoms with E-state index < -0.39 is 0 Å². The van der Waals surface area contributed by atoms with Gasteiger partial charge in [-0.1, -0.05) is 5.16 Å². The zero-order chi connectivity index (χ0) is 10.5. The van der Waals surface area contributed by atoms with Crippen LogP contribution in [0.15, 0.2) is 10.9 Å². The number of nitrogens with zero attached hydrogens (tertiary/aromatic N) is 2. The molecule has 0 aliphatic heterocycles. The number of amides is 2. The van der Waals surface area contributed by atoms with Crippen LogP contribution in [-0.4, -0.2) is 28.8 Å². The van der Waals surface area contributed by atoms with Gasteiger partial charge in [0, 0.05) is 19.0 Å². The first-order valence-corrected chi connectivity index (χ1v) is 5.14. The van der Waals surface area contributed by atoms with Crippen molar-refractivity contribution in [3.63, 3.8) is 0 Å². The Balaban J connectivity index is 1.58. The second kappa shape index (κ2) is 4.77. The van der Waals surface area contributed by atoms with Gasteiger partial charge in [-0.2, -0.15) is 4.98 Å². The van der Waals surface area contributed by atoms with E-state index in [2.05, 4.69) is 20.8 Å². The molecule has 0 bridgehead atoms. The number of hydrogen-bond acceptors (Lipinski definition) is 4. The van der Waals surface area contributed by atoms with Crippen LogP contribution < -0.4 is 10.6 Å². The molecule has 1 aliphatic rings. The topological polar surface area (TPSA) is 80.1 Å². The Bertz CT molecular complexity index is 308. The number of rotatable bonds is 4. The van der Waals surface area contributed by atoms with Crippen LogP contribution in [0, 0.1) is 0 Å². The first kappa shape index (κ1) is 9.95. The smallest absolute Gasteiger partial charge is 0.315 e. The molecule has 6 nitrogen and oxygen atoms in total. The van der Waals surface area contributed by atoms with Crippen molar-refractivity contribution in [3.05, 3.63) is 12.2 Å². The molecule has 2 amide bonds. The maximum absolute atomic E-state index is 11.3. The lowest BCUT2D eigenvalue weighted by Gasteiger charge is -2.26. The molecule has 6 heteroatoms. The van der Waals surface area contributed by atoms with E-state index in [-0.39, 0.29) is 6.03 Å². The van der Waals surface area contributed by atoms with E-state index in [1.54, 1.807) is 0 Å². The molecule has 1 heterocycles. The molecule has 0 atom stereocenters. The van der Waals surface area contributed by atoms with Gasteiger partial charge in [0.25, 0.3) is 0 Å². The number of urea groups is 1. The van der Waals surface area contributed by atoms with E-state index in [1.165, 1.54) is 12.7 Å². The van der Waals surface area contributed by atoms with Crippen molar-refractivity contribution < 1.29 is 9.32 Å². The molecule has 1 aliphatic carbocycles. The standard InChI is InChI=1S/C9H14N4O2/c14-9(13-7-2-1-3-7)10-5-4-8-11-6-12-15-8/h6-7H,1-5H2,(H2,10,13,14). The third-order valence-corrected chi connectivity index (χ3v) is 2.47. The summed E-state index contributed by atoms with van der Waals surface area (Å²) in [6.07, 6.45) is 5.32. The molecule has 0 spiro atoms. The molecular formula is C9H14N4O2. The Morgan fingerprint density at radius 3 is 3.07 bits per heavy atom. The first-order valence-electron chi connectivity index (χ1n) is 5.14. The van der Waals surface area contributed by atoms with Crippen molar-refractivity contribution in [1.29, 1.82) is 0 Å². The summed E-state index contributed by atoms with van der Waals surface area (Å²) in [5, 5.41) is 9.10. The van der Waals surface area contributed by atoms with E-state index in [4.69, 9.17) is 4.52 Å². The molecule has 2 rings (SSSR count). The Kier molecular flexibility index (Phi) is 3.16. The highest BCUT2D eigenvalue weighted by Crippen LogP contribution is 2.17. The Hall–Kier alpha value is -1.59. The van der Waals surface area contributed by atoms with Crippen LogP contribution in [0.1, 0.15) is 25.2 Å². The second-order valence-corrected chi connectivity index (χ2v) is 3.61. The van der Waals surface area contributed by atoms with Crippen LogP contribution in [0.5, 0.6) is 0 Å². The molecule has 0 unspecified atom stereocenters. The van der Waals surface area contributed by atoms with Crippen LogP contribution in [0.4, 0.5) is 4.79 Å². The maximum atomic E-state index is 11.3. The predicted molar refractivity (Wildman–Crippen MR) is 52.2 cm³/mol. The van der Waals surface area contributed by atoms with Crippen molar-refractivity contribution >= 4 is 6.03 Å². The Morgan fingerprint density at radius 2 is 2.47 bits per heavy atom. The van der Waals surface area contributed by atoms with Crippen molar-refractivity contribution in [2.75, 3.05) is 6.54 Å². The summed E-state index contributed by atoms with van der Waals surface area (Å²) in [7, 11) is 0. The summed E-state index contributed by atoms with van der Waals surface area (Å²) in [5.74, 6) is 0.541. The largest absolute Gasteiger partial charge is 0.340 e. The van der Waals surface area contributed by atoms with E-state index in [1.807, 2.05) is 0 Å². The molecule has 1 fully saturated rings. The lowest BCUT2D eigenvalue weighted by Crippen LogP contribution is -2.45. The van der Waals surface area contributed by atoms with Crippen LogP contribution >= 0.6 is 0 Å². The van der Waals surface area contributed by atoms with Crippen LogP contribution in [0.25, 0.3) is 0 Å². The zero-order valence-electron chi connectivity index (χ0n) is 8.40. The number of nitrogens with one attached hydrogen (secondary N) is 2. The minimum atomic E-state index is -0.112. The lowest BCUT2D eigenvalue weighted by atomic mass is 9.93. The van der Waals surface area contributed by atoms with Crippen molar-refractivity contribution in [1.82, 2.24) is 20.8 Å². The van der Waals surface area contributed by atoms with E-state index in [0.29, 0.717) is 24.9 Å². The average Bonchev–Trinajstić information content (AvgIpc) is 2.64. The summed E-state index contributed by atoms with van der Waals surface area (Å²) >= 11 is 0. The fourth-order valence-corrected chi connectivity index (χ4v) is 1.38. The van der Waals surface area contributed by atoms with Gasteiger partial charge in [-0.15, -0.1) is 0 Å². The minimum Gasteiger partial charge on any atom is -0.340 e. The molecule has 82 valence electrons. The van der Waals surface area contributed by atoms with Gasteiger partial charge in [0.1, 0.15) is 0 Å². The van der Waals surface area contributed by atoms with Gasteiger partial charge in [-0.3, -0.25) is 0 Å². The van der Waals surface area contributed by atoms with Gasteiger partial charge in [0.15, 0.2) is 6.33 Å². The highest BCUT2D eigenvalue weighted by molar-refractivity contribution is 5.74. The molecule has 1 saturated carbocycles. The fraction of sp³-hybridized carbons (Fsp3) is 0.667. The molecule has 0 aromatic carbocycles.